The number of aliphatic carboxylic acids is 2. The van der Waals surface area contributed by atoms with Crippen LogP contribution in [0.25, 0.3) is 0 Å². The lowest BCUT2D eigenvalue weighted by Crippen LogP contribution is -2.40. The first-order chi connectivity index (χ1) is 9.77. The zero-order valence-electron chi connectivity index (χ0n) is 11.6. The fraction of sp³-hybridized carbons (Fsp3) is 0.545. The number of nitrogens with one attached hydrogen (secondary N) is 1. The van der Waals surface area contributed by atoms with Gasteiger partial charge in [0.15, 0.2) is 0 Å². The summed E-state index contributed by atoms with van der Waals surface area (Å²) in [6.07, 6.45) is 0. The maximum absolute atomic E-state index is 11.7. The van der Waals surface area contributed by atoms with Crippen LogP contribution in [0, 0.1) is 0 Å². The molecule has 1 aromatic rings. The Balaban J connectivity index is 2.59. The largest absolute Gasteiger partial charge is 0.480 e. The minimum Gasteiger partial charge on any atom is -0.480 e. The van der Waals surface area contributed by atoms with Crippen LogP contribution in [0.3, 0.4) is 0 Å². The third-order valence-electron chi connectivity index (χ3n) is 2.27. The van der Waals surface area contributed by atoms with E-state index in [2.05, 4.69) is 15.5 Å². The highest BCUT2D eigenvalue weighted by molar-refractivity contribution is 5.90. The van der Waals surface area contributed by atoms with Crippen molar-refractivity contribution in [3.05, 3.63) is 5.89 Å². The molecule has 10 heteroatoms. The van der Waals surface area contributed by atoms with E-state index in [-0.39, 0.29) is 11.9 Å². The van der Waals surface area contributed by atoms with Crippen LogP contribution in [0.5, 0.6) is 0 Å². The summed E-state index contributed by atoms with van der Waals surface area (Å²) in [6, 6.07) is -0.116. The topological polar surface area (TPSA) is 146 Å². The van der Waals surface area contributed by atoms with Crippen molar-refractivity contribution in [3.8, 4) is 0 Å². The van der Waals surface area contributed by atoms with Crippen LogP contribution < -0.4 is 5.32 Å². The van der Waals surface area contributed by atoms with Gasteiger partial charge in [-0.05, 0) is 0 Å². The summed E-state index contributed by atoms with van der Waals surface area (Å²) in [7, 11) is 0. The van der Waals surface area contributed by atoms with Crippen molar-refractivity contribution in [2.75, 3.05) is 25.0 Å². The standard InChI is InChI=1S/C11H16N4O6/c1-6(2)10-13-14-11(21-10)12-7(16)3-15(4-8(17)18)5-9(19)20/h6H,3-5H2,1-2H3,(H,17,18)(H,19,20)(H,12,14,16). The van der Waals surface area contributed by atoms with E-state index in [0.717, 1.165) is 4.90 Å². The molecule has 0 aliphatic rings. The average molecular weight is 300 g/mol. The summed E-state index contributed by atoms with van der Waals surface area (Å²) in [5, 5.41) is 26.9. The van der Waals surface area contributed by atoms with Crippen molar-refractivity contribution in [3.63, 3.8) is 0 Å². The van der Waals surface area contributed by atoms with E-state index < -0.39 is 37.5 Å². The van der Waals surface area contributed by atoms with Crippen molar-refractivity contribution < 1.29 is 29.0 Å². The first kappa shape index (κ1) is 16.6. The van der Waals surface area contributed by atoms with Gasteiger partial charge in [-0.3, -0.25) is 24.6 Å². The smallest absolute Gasteiger partial charge is 0.322 e. The number of amides is 1. The van der Waals surface area contributed by atoms with Gasteiger partial charge in [0.2, 0.25) is 11.8 Å². The molecule has 3 N–H and O–H groups in total. The van der Waals surface area contributed by atoms with Gasteiger partial charge in [-0.2, -0.15) is 0 Å². The van der Waals surface area contributed by atoms with E-state index in [1.54, 1.807) is 0 Å². The molecule has 0 aliphatic heterocycles. The van der Waals surface area contributed by atoms with Gasteiger partial charge in [-0.25, -0.2) is 0 Å². The Kier molecular flexibility index (Phi) is 5.79. The molecule has 0 unspecified atom stereocenters. The van der Waals surface area contributed by atoms with Gasteiger partial charge in [-0.1, -0.05) is 18.9 Å². The summed E-state index contributed by atoms with van der Waals surface area (Å²) < 4.78 is 5.15. The number of carbonyl (C=O) groups excluding carboxylic acids is 1. The lowest BCUT2D eigenvalue weighted by molar-refractivity contribution is -0.142. The molecule has 0 aromatic carbocycles. The van der Waals surface area contributed by atoms with Crippen LogP contribution in [0.2, 0.25) is 0 Å². The lowest BCUT2D eigenvalue weighted by atomic mass is 10.2. The molecule has 1 amide bonds. The van der Waals surface area contributed by atoms with Crippen molar-refractivity contribution in [2.45, 2.75) is 19.8 Å². The fourth-order valence-corrected chi connectivity index (χ4v) is 1.43. The van der Waals surface area contributed by atoms with Crippen molar-refractivity contribution in [2.24, 2.45) is 0 Å². The molecule has 0 aliphatic carbocycles. The molecule has 0 radical (unpaired) electrons. The van der Waals surface area contributed by atoms with Crippen LogP contribution in [-0.2, 0) is 14.4 Å². The first-order valence-corrected chi connectivity index (χ1v) is 6.07. The minimum absolute atomic E-state index is 0.00123. The summed E-state index contributed by atoms with van der Waals surface area (Å²) in [5.41, 5.74) is 0. The molecule has 0 saturated carbocycles. The Morgan fingerprint density at radius 1 is 1.14 bits per heavy atom. The molecular weight excluding hydrogens is 284 g/mol. The van der Waals surface area contributed by atoms with Crippen LogP contribution >= 0.6 is 0 Å². The fourth-order valence-electron chi connectivity index (χ4n) is 1.43. The van der Waals surface area contributed by atoms with Gasteiger partial charge >= 0.3 is 18.0 Å². The van der Waals surface area contributed by atoms with Crippen molar-refractivity contribution in [1.82, 2.24) is 15.1 Å². The highest BCUT2D eigenvalue weighted by Gasteiger charge is 2.18. The number of carboxylic acid groups (broad SMARTS) is 2. The highest BCUT2D eigenvalue weighted by Crippen LogP contribution is 2.14. The second-order valence-electron chi connectivity index (χ2n) is 4.58. The van der Waals surface area contributed by atoms with Crippen LogP contribution in [-0.4, -0.2) is 62.8 Å². The summed E-state index contributed by atoms with van der Waals surface area (Å²) in [4.78, 5) is 33.9. The Labute approximate surface area is 119 Å². The second kappa shape index (κ2) is 7.33. The maximum atomic E-state index is 11.7. The Bertz CT molecular complexity index is 511. The second-order valence-corrected chi connectivity index (χ2v) is 4.58. The van der Waals surface area contributed by atoms with E-state index in [0.29, 0.717) is 5.89 Å². The third-order valence-corrected chi connectivity index (χ3v) is 2.27. The number of anilines is 1. The summed E-state index contributed by atoms with van der Waals surface area (Å²) in [5.74, 6) is -2.76. The van der Waals surface area contributed by atoms with E-state index >= 15 is 0 Å². The zero-order chi connectivity index (χ0) is 16.0. The molecule has 1 rings (SSSR count). The predicted octanol–water partition coefficient (Wildman–Crippen LogP) is -0.397. The molecule has 1 heterocycles. The molecule has 0 spiro atoms. The van der Waals surface area contributed by atoms with E-state index in [4.69, 9.17) is 14.6 Å². The summed E-state index contributed by atoms with van der Waals surface area (Å²) >= 11 is 0. The van der Waals surface area contributed by atoms with Gasteiger partial charge in [-0.15, -0.1) is 5.10 Å². The van der Waals surface area contributed by atoms with E-state index in [9.17, 15) is 14.4 Å². The van der Waals surface area contributed by atoms with Crippen LogP contribution in [0.4, 0.5) is 6.01 Å². The normalized spacial score (nSPS) is 10.9. The summed E-state index contributed by atoms with van der Waals surface area (Å²) in [6.45, 7) is 2.11. The Hall–Kier alpha value is -2.49. The number of carbonyl (C=O) groups is 3. The van der Waals surface area contributed by atoms with E-state index in [1.807, 2.05) is 13.8 Å². The predicted molar refractivity (Wildman–Crippen MR) is 68.7 cm³/mol. The van der Waals surface area contributed by atoms with Gasteiger partial charge in [0.05, 0.1) is 19.6 Å². The Morgan fingerprint density at radius 3 is 2.14 bits per heavy atom. The van der Waals surface area contributed by atoms with Gasteiger partial charge in [0, 0.05) is 5.92 Å². The van der Waals surface area contributed by atoms with Gasteiger partial charge in [0.25, 0.3) is 0 Å². The van der Waals surface area contributed by atoms with Crippen molar-refractivity contribution >= 4 is 23.9 Å². The quantitative estimate of drug-likeness (QED) is 0.583. The number of carboxylic acids is 2. The average Bonchev–Trinajstić information content (AvgIpc) is 2.75. The minimum atomic E-state index is -1.23. The molecule has 21 heavy (non-hydrogen) atoms. The molecule has 0 atom stereocenters. The number of aromatic nitrogens is 2. The SMILES string of the molecule is CC(C)c1nnc(NC(=O)CN(CC(=O)O)CC(=O)O)o1. The van der Waals surface area contributed by atoms with E-state index in [1.165, 1.54) is 0 Å². The maximum Gasteiger partial charge on any atom is 0.322 e. The number of nitrogens with zero attached hydrogens (tertiary/aromatic N) is 3. The van der Waals surface area contributed by atoms with Crippen LogP contribution in [0.1, 0.15) is 25.7 Å². The van der Waals surface area contributed by atoms with Crippen molar-refractivity contribution in [1.29, 1.82) is 0 Å². The van der Waals surface area contributed by atoms with Gasteiger partial charge in [0.1, 0.15) is 0 Å². The lowest BCUT2D eigenvalue weighted by Gasteiger charge is -2.16. The van der Waals surface area contributed by atoms with Crippen LogP contribution in [0.15, 0.2) is 4.42 Å². The Morgan fingerprint density at radius 2 is 1.71 bits per heavy atom. The highest BCUT2D eigenvalue weighted by atomic mass is 16.4. The molecule has 0 fully saturated rings. The van der Waals surface area contributed by atoms with Gasteiger partial charge < -0.3 is 14.6 Å². The molecule has 10 nitrogen and oxygen atoms in total. The number of hydrogen-bond acceptors (Lipinski definition) is 7. The monoisotopic (exact) mass is 300 g/mol. The first-order valence-electron chi connectivity index (χ1n) is 6.07. The number of rotatable bonds is 8. The third kappa shape index (κ3) is 5.99. The molecule has 0 bridgehead atoms. The molecule has 116 valence electrons. The molecule has 0 saturated heterocycles. The molecular formula is C11H16N4O6. The molecule has 1 aromatic heterocycles. The number of hydrogen-bond donors (Lipinski definition) is 3. The zero-order valence-corrected chi connectivity index (χ0v) is 11.6.